The number of carbonyl (C=O) groups is 2. The standard InChI is InChI=1S/C17H18N2O3S/c20-16(19-10-4-7-14(19)17(21)22)13-11-23-15(18-13)9-8-12-5-2-1-3-6-12/h1-3,5-6,11,14H,4,7-10H2,(H,21,22). The number of benzene rings is 1. The van der Waals surface area contributed by atoms with E-state index < -0.39 is 12.0 Å². The predicted molar refractivity (Wildman–Crippen MR) is 87.7 cm³/mol. The lowest BCUT2D eigenvalue weighted by atomic mass is 10.1. The van der Waals surface area contributed by atoms with Crippen molar-refractivity contribution in [2.24, 2.45) is 0 Å². The summed E-state index contributed by atoms with van der Waals surface area (Å²) >= 11 is 1.46. The molecule has 0 bridgehead atoms. The fourth-order valence-corrected chi connectivity index (χ4v) is 3.61. The van der Waals surface area contributed by atoms with Gasteiger partial charge in [-0.2, -0.15) is 0 Å². The van der Waals surface area contributed by atoms with Crippen LogP contribution in [0.25, 0.3) is 0 Å². The molecule has 6 heteroatoms. The molecule has 0 aliphatic carbocycles. The van der Waals surface area contributed by atoms with Crippen molar-refractivity contribution in [2.75, 3.05) is 6.54 Å². The van der Waals surface area contributed by atoms with Gasteiger partial charge < -0.3 is 10.0 Å². The Balaban J connectivity index is 1.64. The van der Waals surface area contributed by atoms with Gasteiger partial charge in [-0.1, -0.05) is 30.3 Å². The number of hydrogen-bond donors (Lipinski definition) is 1. The predicted octanol–water partition coefficient (Wildman–Crippen LogP) is 2.62. The molecule has 120 valence electrons. The summed E-state index contributed by atoms with van der Waals surface area (Å²) in [6, 6.07) is 9.43. The minimum Gasteiger partial charge on any atom is -0.480 e. The second kappa shape index (κ2) is 6.91. The largest absolute Gasteiger partial charge is 0.480 e. The highest BCUT2D eigenvalue weighted by Gasteiger charge is 2.35. The normalized spacial score (nSPS) is 17.4. The number of aliphatic carboxylic acids is 1. The van der Waals surface area contributed by atoms with Crippen LogP contribution in [0.5, 0.6) is 0 Å². The van der Waals surface area contributed by atoms with E-state index in [0.29, 0.717) is 18.7 Å². The quantitative estimate of drug-likeness (QED) is 0.915. The van der Waals surface area contributed by atoms with Crippen LogP contribution in [-0.4, -0.2) is 39.5 Å². The van der Waals surface area contributed by atoms with E-state index in [2.05, 4.69) is 17.1 Å². The first-order valence-corrected chi connectivity index (χ1v) is 8.55. The number of hydrogen-bond acceptors (Lipinski definition) is 4. The molecule has 1 fully saturated rings. The van der Waals surface area contributed by atoms with Crippen molar-refractivity contribution in [3.63, 3.8) is 0 Å². The molecule has 0 spiro atoms. The maximum atomic E-state index is 12.5. The Labute approximate surface area is 138 Å². The lowest BCUT2D eigenvalue weighted by molar-refractivity contribution is -0.141. The van der Waals surface area contributed by atoms with Crippen molar-refractivity contribution in [1.82, 2.24) is 9.88 Å². The van der Waals surface area contributed by atoms with Crippen LogP contribution in [-0.2, 0) is 17.6 Å². The zero-order valence-electron chi connectivity index (χ0n) is 12.6. The topological polar surface area (TPSA) is 70.5 Å². The summed E-state index contributed by atoms with van der Waals surface area (Å²) in [4.78, 5) is 29.5. The van der Waals surface area contributed by atoms with Crippen molar-refractivity contribution in [3.05, 3.63) is 52.0 Å². The monoisotopic (exact) mass is 330 g/mol. The number of aromatic nitrogens is 1. The molecule has 1 aromatic heterocycles. The van der Waals surface area contributed by atoms with Crippen molar-refractivity contribution >= 4 is 23.2 Å². The molecule has 1 amide bonds. The molecule has 1 aliphatic heterocycles. The van der Waals surface area contributed by atoms with Gasteiger partial charge in [0.2, 0.25) is 0 Å². The fourth-order valence-electron chi connectivity index (χ4n) is 2.83. The van der Waals surface area contributed by atoms with E-state index in [-0.39, 0.29) is 5.91 Å². The SMILES string of the molecule is O=C(O)C1CCCN1C(=O)c1csc(CCc2ccccc2)n1. The van der Waals surface area contributed by atoms with E-state index in [4.69, 9.17) is 0 Å². The van der Waals surface area contributed by atoms with E-state index in [1.807, 2.05) is 18.2 Å². The highest BCUT2D eigenvalue weighted by atomic mass is 32.1. The Kier molecular flexibility index (Phi) is 4.71. The van der Waals surface area contributed by atoms with Crippen LogP contribution in [0.4, 0.5) is 0 Å². The zero-order valence-corrected chi connectivity index (χ0v) is 13.5. The highest BCUT2D eigenvalue weighted by molar-refractivity contribution is 7.09. The van der Waals surface area contributed by atoms with Gasteiger partial charge in [-0.3, -0.25) is 4.79 Å². The van der Waals surface area contributed by atoms with Gasteiger partial charge in [-0.15, -0.1) is 11.3 Å². The van der Waals surface area contributed by atoms with Crippen molar-refractivity contribution in [3.8, 4) is 0 Å². The third-order valence-corrected chi connectivity index (χ3v) is 4.95. The minimum absolute atomic E-state index is 0.267. The smallest absolute Gasteiger partial charge is 0.326 e. The lowest BCUT2D eigenvalue weighted by Gasteiger charge is -2.20. The van der Waals surface area contributed by atoms with Crippen molar-refractivity contribution in [1.29, 1.82) is 0 Å². The molecular weight excluding hydrogens is 312 g/mol. The van der Waals surface area contributed by atoms with E-state index in [9.17, 15) is 14.7 Å². The first kappa shape index (κ1) is 15.7. The number of aryl methyl sites for hydroxylation is 2. The van der Waals surface area contributed by atoms with Gasteiger partial charge in [-0.25, -0.2) is 9.78 Å². The van der Waals surface area contributed by atoms with E-state index in [0.717, 1.165) is 24.3 Å². The van der Waals surface area contributed by atoms with Crippen molar-refractivity contribution < 1.29 is 14.7 Å². The molecule has 1 aromatic carbocycles. The van der Waals surface area contributed by atoms with Gasteiger partial charge in [-0.05, 0) is 24.8 Å². The molecular formula is C17H18N2O3S. The van der Waals surface area contributed by atoms with Crippen molar-refractivity contribution in [2.45, 2.75) is 31.7 Å². The molecule has 0 saturated carbocycles. The van der Waals surface area contributed by atoms with Gasteiger partial charge >= 0.3 is 5.97 Å². The summed E-state index contributed by atoms with van der Waals surface area (Å²) in [5.74, 6) is -1.20. The van der Waals surface area contributed by atoms with E-state index >= 15 is 0 Å². The van der Waals surface area contributed by atoms with Gasteiger partial charge in [0.1, 0.15) is 11.7 Å². The summed E-state index contributed by atoms with van der Waals surface area (Å²) in [6.07, 6.45) is 2.91. The number of likely N-dealkylation sites (tertiary alicyclic amines) is 1. The minimum atomic E-state index is -0.935. The number of rotatable bonds is 5. The van der Waals surface area contributed by atoms with Crippen LogP contribution in [0.15, 0.2) is 35.7 Å². The zero-order chi connectivity index (χ0) is 16.2. The summed E-state index contributed by atoms with van der Waals surface area (Å²) in [5.41, 5.74) is 1.60. The molecule has 1 saturated heterocycles. The summed E-state index contributed by atoms with van der Waals surface area (Å²) < 4.78 is 0. The highest BCUT2D eigenvalue weighted by Crippen LogP contribution is 2.22. The second-order valence-electron chi connectivity index (χ2n) is 5.61. The summed E-state index contributed by atoms with van der Waals surface area (Å²) in [6.45, 7) is 0.493. The third kappa shape index (κ3) is 3.59. The first-order chi connectivity index (χ1) is 11.1. The Bertz CT molecular complexity index is 699. The maximum absolute atomic E-state index is 12.5. The van der Waals surface area contributed by atoms with Crippen LogP contribution in [0.2, 0.25) is 0 Å². The number of thiazole rings is 1. The number of carbonyl (C=O) groups excluding carboxylic acids is 1. The van der Waals surface area contributed by atoms with Gasteiger partial charge in [0.15, 0.2) is 0 Å². The van der Waals surface area contributed by atoms with Gasteiger partial charge in [0, 0.05) is 18.3 Å². The van der Waals surface area contributed by atoms with Crippen LogP contribution < -0.4 is 0 Å². The molecule has 2 heterocycles. The van der Waals surface area contributed by atoms with E-state index in [1.54, 1.807) is 5.38 Å². The fraction of sp³-hybridized carbons (Fsp3) is 0.353. The molecule has 2 aromatic rings. The van der Waals surface area contributed by atoms with Gasteiger partial charge in [0.05, 0.1) is 5.01 Å². The maximum Gasteiger partial charge on any atom is 0.326 e. The van der Waals surface area contributed by atoms with E-state index in [1.165, 1.54) is 21.8 Å². The molecule has 1 unspecified atom stereocenters. The van der Waals surface area contributed by atoms with Crippen LogP contribution in [0.1, 0.15) is 33.9 Å². The number of amides is 1. The first-order valence-electron chi connectivity index (χ1n) is 7.67. The molecule has 1 aliphatic rings. The summed E-state index contributed by atoms with van der Waals surface area (Å²) in [7, 11) is 0. The molecule has 23 heavy (non-hydrogen) atoms. The molecule has 3 rings (SSSR count). The number of carboxylic acids is 1. The number of nitrogens with zero attached hydrogens (tertiary/aromatic N) is 2. The Hall–Kier alpha value is -2.21. The van der Waals surface area contributed by atoms with Crippen LogP contribution in [0, 0.1) is 0 Å². The lowest BCUT2D eigenvalue weighted by Crippen LogP contribution is -2.40. The molecule has 1 atom stereocenters. The molecule has 5 nitrogen and oxygen atoms in total. The Morgan fingerprint density at radius 1 is 1.26 bits per heavy atom. The number of carboxylic acid groups (broad SMARTS) is 1. The summed E-state index contributed by atoms with van der Waals surface area (Å²) in [5, 5.41) is 11.8. The molecule has 1 N–H and O–H groups in total. The Morgan fingerprint density at radius 2 is 2.04 bits per heavy atom. The van der Waals surface area contributed by atoms with Crippen LogP contribution >= 0.6 is 11.3 Å². The third-order valence-electron chi connectivity index (χ3n) is 4.04. The average Bonchev–Trinajstić information content (AvgIpc) is 3.22. The Morgan fingerprint density at radius 3 is 2.78 bits per heavy atom. The average molecular weight is 330 g/mol. The van der Waals surface area contributed by atoms with Gasteiger partial charge in [0.25, 0.3) is 5.91 Å². The molecule has 0 radical (unpaired) electrons. The second-order valence-corrected chi connectivity index (χ2v) is 6.55. The van der Waals surface area contributed by atoms with Crippen LogP contribution in [0.3, 0.4) is 0 Å².